The zero-order valence-corrected chi connectivity index (χ0v) is 18.3. The molecule has 1 N–H and O–H groups in total. The number of rotatable bonds is 5. The topological polar surface area (TPSA) is 41.6 Å². The molecule has 4 nitrogen and oxygen atoms in total. The zero-order chi connectivity index (χ0) is 21.0. The molecule has 2 aliphatic heterocycles. The first-order valence-electron chi connectivity index (χ1n) is 11.4. The normalized spacial score (nSPS) is 22.3. The molecule has 2 saturated heterocycles. The maximum atomic E-state index is 13.5. The lowest BCUT2D eigenvalue weighted by Crippen LogP contribution is -2.48. The van der Waals surface area contributed by atoms with Crippen molar-refractivity contribution in [3.05, 3.63) is 65.7 Å². The number of anilines is 1. The lowest BCUT2D eigenvalue weighted by Gasteiger charge is -2.37. The summed E-state index contributed by atoms with van der Waals surface area (Å²) in [5.41, 5.74) is 3.02. The van der Waals surface area contributed by atoms with Gasteiger partial charge < -0.3 is 15.0 Å². The monoisotopic (exact) mass is 406 g/mol. The highest BCUT2D eigenvalue weighted by Crippen LogP contribution is 2.36. The minimum absolute atomic E-state index is 0.0322. The second kappa shape index (κ2) is 9.22. The maximum absolute atomic E-state index is 13.5. The molecular formula is C26H34N2O2. The van der Waals surface area contributed by atoms with Crippen LogP contribution >= 0.6 is 0 Å². The van der Waals surface area contributed by atoms with Crippen molar-refractivity contribution in [3.63, 3.8) is 0 Å². The minimum atomic E-state index is -0.502. The summed E-state index contributed by atoms with van der Waals surface area (Å²) in [6.45, 7) is 7.93. The fourth-order valence-electron chi connectivity index (χ4n) is 4.94. The average Bonchev–Trinajstić information content (AvgIpc) is 2.80. The number of nitrogens with zero attached hydrogens (tertiary/aromatic N) is 1. The Labute approximate surface area is 180 Å². The van der Waals surface area contributed by atoms with Crippen molar-refractivity contribution in [1.29, 1.82) is 0 Å². The van der Waals surface area contributed by atoms with Crippen LogP contribution in [0.15, 0.2) is 54.6 Å². The summed E-state index contributed by atoms with van der Waals surface area (Å²) in [5.74, 6) is 0.865. The largest absolute Gasteiger partial charge is 0.381 e. The van der Waals surface area contributed by atoms with E-state index in [1.165, 1.54) is 18.5 Å². The Kier molecular flexibility index (Phi) is 6.43. The minimum Gasteiger partial charge on any atom is -0.381 e. The van der Waals surface area contributed by atoms with Crippen LogP contribution in [-0.4, -0.2) is 32.2 Å². The van der Waals surface area contributed by atoms with Crippen LogP contribution in [0.25, 0.3) is 0 Å². The van der Waals surface area contributed by atoms with E-state index < -0.39 is 5.41 Å². The fraction of sp³-hybridized carbons (Fsp3) is 0.500. The Balaban J connectivity index is 1.47. The molecule has 2 atom stereocenters. The van der Waals surface area contributed by atoms with Crippen LogP contribution in [0.2, 0.25) is 0 Å². The van der Waals surface area contributed by atoms with E-state index in [9.17, 15) is 4.79 Å². The number of ether oxygens (including phenoxy) is 1. The van der Waals surface area contributed by atoms with E-state index in [0.29, 0.717) is 13.2 Å². The number of hydrogen-bond acceptors (Lipinski definition) is 3. The highest BCUT2D eigenvalue weighted by Gasteiger charge is 2.42. The van der Waals surface area contributed by atoms with Gasteiger partial charge in [0.05, 0.1) is 11.5 Å². The standard InChI is InChI=1S/C26H34N2O2/c1-20-7-6-16-28(19-20)24-12-10-22(11-13-24)21(2)27-25(29)26(14-17-30-18-15-26)23-8-4-3-5-9-23/h3-5,8-13,20-21H,6-7,14-19H2,1-2H3,(H,27,29)/t20-,21-/m1/s1. The molecule has 2 aliphatic rings. The molecule has 160 valence electrons. The molecule has 2 fully saturated rings. The van der Waals surface area contributed by atoms with Crippen LogP contribution in [0, 0.1) is 5.92 Å². The highest BCUT2D eigenvalue weighted by molar-refractivity contribution is 5.88. The van der Waals surface area contributed by atoms with E-state index in [-0.39, 0.29) is 11.9 Å². The van der Waals surface area contributed by atoms with Crippen molar-refractivity contribution in [3.8, 4) is 0 Å². The SMILES string of the molecule is C[C@@H]1CCCN(c2ccc([C@@H](C)NC(=O)C3(c4ccccc4)CCOCC3)cc2)C1. The maximum Gasteiger partial charge on any atom is 0.231 e. The molecule has 0 saturated carbocycles. The lowest BCUT2D eigenvalue weighted by molar-refractivity contribution is -0.131. The number of nitrogens with one attached hydrogen (secondary N) is 1. The van der Waals surface area contributed by atoms with Gasteiger partial charge in [0.25, 0.3) is 0 Å². The molecule has 0 spiro atoms. The number of benzene rings is 2. The number of carbonyl (C=O) groups excluding carboxylic acids is 1. The molecule has 1 amide bonds. The smallest absolute Gasteiger partial charge is 0.231 e. The molecule has 2 aromatic rings. The van der Waals surface area contributed by atoms with Crippen LogP contribution in [0.1, 0.15) is 56.7 Å². The third-order valence-corrected chi connectivity index (χ3v) is 6.87. The van der Waals surface area contributed by atoms with Crippen molar-refractivity contribution in [1.82, 2.24) is 5.32 Å². The summed E-state index contributed by atoms with van der Waals surface area (Å²) in [5, 5.41) is 3.30. The van der Waals surface area contributed by atoms with Crippen molar-refractivity contribution >= 4 is 11.6 Å². The molecule has 0 radical (unpaired) electrons. The third kappa shape index (κ3) is 4.39. The number of carbonyl (C=O) groups is 1. The Morgan fingerprint density at radius 1 is 1.10 bits per heavy atom. The molecule has 0 bridgehead atoms. The van der Waals surface area contributed by atoms with Gasteiger partial charge in [-0.15, -0.1) is 0 Å². The van der Waals surface area contributed by atoms with Gasteiger partial charge in [-0.2, -0.15) is 0 Å². The fourth-order valence-corrected chi connectivity index (χ4v) is 4.94. The van der Waals surface area contributed by atoms with Crippen LogP contribution in [0.5, 0.6) is 0 Å². The van der Waals surface area contributed by atoms with Crippen LogP contribution in [-0.2, 0) is 14.9 Å². The second-order valence-corrected chi connectivity index (χ2v) is 9.04. The quantitative estimate of drug-likeness (QED) is 0.772. The van der Waals surface area contributed by atoms with Crippen LogP contribution in [0.4, 0.5) is 5.69 Å². The van der Waals surface area contributed by atoms with Gasteiger partial charge in [-0.25, -0.2) is 0 Å². The van der Waals surface area contributed by atoms with Crippen molar-refractivity contribution in [2.24, 2.45) is 5.92 Å². The van der Waals surface area contributed by atoms with Gasteiger partial charge in [0.15, 0.2) is 0 Å². The predicted octanol–water partition coefficient (Wildman–Crippen LogP) is 4.85. The first kappa shape index (κ1) is 20.9. The Bertz CT molecular complexity index is 828. The van der Waals surface area contributed by atoms with E-state index in [1.54, 1.807) is 0 Å². The Morgan fingerprint density at radius 2 is 1.80 bits per heavy atom. The third-order valence-electron chi connectivity index (χ3n) is 6.87. The van der Waals surface area contributed by atoms with Gasteiger partial charge in [-0.3, -0.25) is 4.79 Å². The summed E-state index contributed by atoms with van der Waals surface area (Å²) in [4.78, 5) is 16.0. The summed E-state index contributed by atoms with van der Waals surface area (Å²) in [7, 11) is 0. The van der Waals surface area contributed by atoms with Crippen LogP contribution < -0.4 is 10.2 Å². The Morgan fingerprint density at radius 3 is 2.47 bits per heavy atom. The zero-order valence-electron chi connectivity index (χ0n) is 18.3. The van der Waals surface area contributed by atoms with Crippen LogP contribution in [0.3, 0.4) is 0 Å². The molecule has 2 aromatic carbocycles. The van der Waals surface area contributed by atoms with Gasteiger partial charge in [-0.1, -0.05) is 49.4 Å². The molecule has 2 heterocycles. The summed E-state index contributed by atoms with van der Waals surface area (Å²) in [6.07, 6.45) is 4.04. The molecule has 0 aliphatic carbocycles. The van der Waals surface area contributed by atoms with Gasteiger partial charge in [-0.05, 0) is 61.8 Å². The molecule has 0 unspecified atom stereocenters. The van der Waals surface area contributed by atoms with E-state index in [4.69, 9.17) is 4.74 Å². The Hall–Kier alpha value is -2.33. The predicted molar refractivity (Wildman–Crippen MR) is 122 cm³/mol. The lowest BCUT2D eigenvalue weighted by atomic mass is 9.73. The average molecular weight is 407 g/mol. The van der Waals surface area contributed by atoms with Crippen molar-refractivity contribution < 1.29 is 9.53 Å². The molecule has 0 aromatic heterocycles. The van der Waals surface area contributed by atoms with E-state index >= 15 is 0 Å². The number of hydrogen-bond donors (Lipinski definition) is 1. The summed E-state index contributed by atoms with van der Waals surface area (Å²) < 4.78 is 5.58. The first-order chi connectivity index (χ1) is 14.6. The van der Waals surface area contributed by atoms with Gasteiger partial charge in [0, 0.05) is 32.0 Å². The van der Waals surface area contributed by atoms with Gasteiger partial charge in [0.2, 0.25) is 5.91 Å². The van der Waals surface area contributed by atoms with Crippen molar-refractivity contribution in [2.45, 2.75) is 51.0 Å². The second-order valence-electron chi connectivity index (χ2n) is 9.04. The van der Waals surface area contributed by atoms with Gasteiger partial charge >= 0.3 is 0 Å². The van der Waals surface area contributed by atoms with E-state index in [1.807, 2.05) is 18.2 Å². The van der Waals surface area contributed by atoms with E-state index in [0.717, 1.165) is 43.0 Å². The summed E-state index contributed by atoms with van der Waals surface area (Å²) >= 11 is 0. The highest BCUT2D eigenvalue weighted by atomic mass is 16.5. The van der Waals surface area contributed by atoms with Gasteiger partial charge in [0.1, 0.15) is 0 Å². The first-order valence-corrected chi connectivity index (χ1v) is 11.4. The number of piperidine rings is 1. The van der Waals surface area contributed by atoms with Crippen molar-refractivity contribution in [2.75, 3.05) is 31.2 Å². The molecule has 4 rings (SSSR count). The number of amides is 1. The summed E-state index contributed by atoms with van der Waals surface area (Å²) in [6, 6.07) is 18.9. The molecular weight excluding hydrogens is 372 g/mol. The van der Waals surface area contributed by atoms with E-state index in [2.05, 4.69) is 60.5 Å². The molecule has 30 heavy (non-hydrogen) atoms. The molecule has 4 heteroatoms.